The molecule has 2 aromatic carbocycles. The first-order chi connectivity index (χ1) is 15.1. The molecule has 0 spiro atoms. The third-order valence-electron chi connectivity index (χ3n) is 5.65. The highest BCUT2D eigenvalue weighted by Gasteiger charge is 2.25. The topological polar surface area (TPSA) is 87.3 Å². The molecule has 7 nitrogen and oxygen atoms in total. The van der Waals surface area contributed by atoms with Crippen LogP contribution in [-0.2, 0) is 4.74 Å². The molecule has 0 atom stereocenters. The van der Waals surface area contributed by atoms with Crippen molar-refractivity contribution in [3.63, 3.8) is 0 Å². The van der Waals surface area contributed by atoms with Gasteiger partial charge in [0.2, 0.25) is 0 Å². The van der Waals surface area contributed by atoms with Crippen LogP contribution in [0.25, 0.3) is 10.9 Å². The number of benzene rings is 2. The molecule has 3 aromatic rings. The number of ether oxygens (including phenoxy) is 1. The van der Waals surface area contributed by atoms with Gasteiger partial charge in [0.15, 0.2) is 5.78 Å². The number of nitrogens with one attached hydrogen (secondary N) is 2. The summed E-state index contributed by atoms with van der Waals surface area (Å²) in [5.74, 6) is 0.323. The van der Waals surface area contributed by atoms with Gasteiger partial charge in [-0.15, -0.1) is 0 Å². The summed E-state index contributed by atoms with van der Waals surface area (Å²) in [6.07, 6.45) is 3.73. The summed E-state index contributed by atoms with van der Waals surface area (Å²) in [7, 11) is 0. The Balaban J connectivity index is 1.15. The number of aromatic nitrogens is 2. The number of ketones is 1. The van der Waals surface area contributed by atoms with Crippen LogP contribution in [0, 0.1) is 5.92 Å². The van der Waals surface area contributed by atoms with E-state index in [1.54, 1.807) is 6.20 Å². The SMILES string of the molecule is O=C(Nc1cccc2cn[nH]c12)OCCCN1CCC(C(=O)c2ccc(Br)cc2)CC1. The molecule has 0 saturated carbocycles. The number of likely N-dealkylation sites (tertiary alicyclic amines) is 1. The summed E-state index contributed by atoms with van der Waals surface area (Å²) in [6, 6.07) is 13.2. The predicted octanol–water partition coefficient (Wildman–Crippen LogP) is 4.86. The number of aromatic amines is 1. The Morgan fingerprint density at radius 2 is 1.94 bits per heavy atom. The first-order valence-corrected chi connectivity index (χ1v) is 11.3. The fraction of sp³-hybridized carbons (Fsp3) is 0.348. The van der Waals surface area contributed by atoms with Gasteiger partial charge in [0.25, 0.3) is 0 Å². The average Bonchev–Trinajstić information content (AvgIpc) is 3.27. The molecular weight excluding hydrogens is 460 g/mol. The van der Waals surface area contributed by atoms with E-state index in [1.165, 1.54) is 0 Å². The van der Waals surface area contributed by atoms with Gasteiger partial charge in [0.1, 0.15) is 0 Å². The number of hydrogen-bond acceptors (Lipinski definition) is 5. The lowest BCUT2D eigenvalue weighted by molar-refractivity contribution is 0.0830. The fourth-order valence-electron chi connectivity index (χ4n) is 3.94. The van der Waals surface area contributed by atoms with E-state index in [9.17, 15) is 9.59 Å². The minimum Gasteiger partial charge on any atom is -0.449 e. The largest absolute Gasteiger partial charge is 0.449 e. The lowest BCUT2D eigenvalue weighted by Crippen LogP contribution is -2.37. The second kappa shape index (κ2) is 10.1. The number of H-pyrrole nitrogens is 1. The Hall–Kier alpha value is -2.71. The zero-order valence-electron chi connectivity index (χ0n) is 17.1. The van der Waals surface area contributed by atoms with Crippen molar-refractivity contribution in [1.29, 1.82) is 0 Å². The molecular formula is C23H25BrN4O3. The van der Waals surface area contributed by atoms with E-state index >= 15 is 0 Å². The Bertz CT molecular complexity index is 1040. The smallest absolute Gasteiger partial charge is 0.411 e. The number of piperidine rings is 1. The summed E-state index contributed by atoms with van der Waals surface area (Å²) in [4.78, 5) is 27.1. The maximum absolute atomic E-state index is 12.7. The molecule has 0 bridgehead atoms. The van der Waals surface area contributed by atoms with Gasteiger partial charge in [-0.1, -0.05) is 40.2 Å². The number of hydrogen-bond donors (Lipinski definition) is 2. The van der Waals surface area contributed by atoms with E-state index in [-0.39, 0.29) is 11.7 Å². The highest BCUT2D eigenvalue weighted by Crippen LogP contribution is 2.23. The van der Waals surface area contributed by atoms with Crippen LogP contribution in [0.3, 0.4) is 0 Å². The summed E-state index contributed by atoms with van der Waals surface area (Å²) < 4.78 is 6.30. The third-order valence-corrected chi connectivity index (χ3v) is 6.18. The number of halogens is 1. The molecule has 1 aliphatic rings. The van der Waals surface area contributed by atoms with Crippen LogP contribution in [0.15, 0.2) is 53.1 Å². The van der Waals surface area contributed by atoms with Crippen molar-refractivity contribution in [2.75, 3.05) is 31.6 Å². The minimum atomic E-state index is -0.471. The van der Waals surface area contributed by atoms with Gasteiger partial charge < -0.3 is 9.64 Å². The molecule has 8 heteroatoms. The van der Waals surface area contributed by atoms with Crippen LogP contribution in [0.4, 0.5) is 10.5 Å². The van der Waals surface area contributed by atoms with Crippen molar-refractivity contribution in [2.45, 2.75) is 19.3 Å². The zero-order chi connectivity index (χ0) is 21.6. The molecule has 31 heavy (non-hydrogen) atoms. The second-order valence-electron chi connectivity index (χ2n) is 7.74. The fourth-order valence-corrected chi connectivity index (χ4v) is 4.21. The van der Waals surface area contributed by atoms with Crippen molar-refractivity contribution in [1.82, 2.24) is 15.1 Å². The van der Waals surface area contributed by atoms with Crippen molar-refractivity contribution < 1.29 is 14.3 Å². The second-order valence-corrected chi connectivity index (χ2v) is 8.66. The van der Waals surface area contributed by atoms with Gasteiger partial charge >= 0.3 is 6.09 Å². The highest BCUT2D eigenvalue weighted by atomic mass is 79.9. The number of anilines is 1. The van der Waals surface area contributed by atoms with Gasteiger partial charge in [-0.05, 0) is 50.6 Å². The third kappa shape index (κ3) is 5.51. The van der Waals surface area contributed by atoms with Crippen molar-refractivity contribution >= 4 is 44.4 Å². The van der Waals surface area contributed by atoms with Crippen LogP contribution in [-0.4, -0.2) is 53.2 Å². The van der Waals surface area contributed by atoms with Crippen molar-refractivity contribution in [2.24, 2.45) is 5.92 Å². The lowest BCUT2D eigenvalue weighted by atomic mass is 9.89. The molecule has 2 N–H and O–H groups in total. The van der Waals surface area contributed by atoms with Crippen LogP contribution in [0.5, 0.6) is 0 Å². The number of nitrogens with zero attached hydrogens (tertiary/aromatic N) is 2. The number of rotatable bonds is 7. The zero-order valence-corrected chi connectivity index (χ0v) is 18.7. The molecule has 0 radical (unpaired) electrons. The summed E-state index contributed by atoms with van der Waals surface area (Å²) in [5.41, 5.74) is 2.21. The Morgan fingerprint density at radius 3 is 2.71 bits per heavy atom. The summed E-state index contributed by atoms with van der Waals surface area (Å²) >= 11 is 3.40. The lowest BCUT2D eigenvalue weighted by Gasteiger charge is -2.31. The first-order valence-electron chi connectivity index (χ1n) is 10.5. The van der Waals surface area contributed by atoms with Crippen molar-refractivity contribution in [3.8, 4) is 0 Å². The van der Waals surface area contributed by atoms with Gasteiger partial charge in [0.05, 0.1) is 24.0 Å². The highest BCUT2D eigenvalue weighted by molar-refractivity contribution is 9.10. The Labute approximate surface area is 189 Å². The average molecular weight is 485 g/mol. The molecule has 0 aliphatic carbocycles. The van der Waals surface area contributed by atoms with Gasteiger partial charge in [-0.3, -0.25) is 15.2 Å². The van der Waals surface area contributed by atoms with E-state index < -0.39 is 6.09 Å². The molecule has 2 heterocycles. The number of fused-ring (bicyclic) bond motifs is 1. The standard InChI is InChI=1S/C23H25BrN4O3/c24-19-7-5-16(6-8-19)22(29)17-9-12-28(13-10-17)11-2-14-31-23(30)26-20-4-1-3-18-15-25-27-21(18)20/h1,3-8,15,17H,2,9-14H2,(H,25,27)(H,26,30). The van der Waals surface area contributed by atoms with Crippen LogP contribution in [0.1, 0.15) is 29.6 Å². The summed E-state index contributed by atoms with van der Waals surface area (Å²) in [5, 5.41) is 10.6. The van der Waals surface area contributed by atoms with E-state index in [0.29, 0.717) is 12.3 Å². The maximum Gasteiger partial charge on any atom is 0.411 e. The van der Waals surface area contributed by atoms with Gasteiger partial charge in [-0.25, -0.2) is 4.79 Å². The predicted molar refractivity (Wildman–Crippen MR) is 123 cm³/mol. The van der Waals surface area contributed by atoms with Crippen molar-refractivity contribution in [3.05, 3.63) is 58.7 Å². The molecule has 1 fully saturated rings. The van der Waals surface area contributed by atoms with Gasteiger partial charge in [-0.2, -0.15) is 5.10 Å². The molecule has 1 aliphatic heterocycles. The molecule has 1 amide bonds. The number of para-hydroxylation sites is 1. The van der Waals surface area contributed by atoms with E-state index in [1.807, 2.05) is 42.5 Å². The number of amides is 1. The first kappa shape index (κ1) is 21.5. The molecule has 0 unspecified atom stereocenters. The van der Waals surface area contributed by atoms with E-state index in [2.05, 4.69) is 36.3 Å². The van der Waals surface area contributed by atoms with Crippen LogP contribution < -0.4 is 5.32 Å². The Morgan fingerprint density at radius 1 is 1.16 bits per heavy atom. The maximum atomic E-state index is 12.7. The molecule has 4 rings (SSSR count). The van der Waals surface area contributed by atoms with Crippen LogP contribution >= 0.6 is 15.9 Å². The molecule has 162 valence electrons. The monoisotopic (exact) mass is 484 g/mol. The molecule has 1 saturated heterocycles. The number of carbonyl (C=O) groups excluding carboxylic acids is 2. The normalized spacial score (nSPS) is 15.1. The van der Waals surface area contributed by atoms with Crippen LogP contribution in [0.2, 0.25) is 0 Å². The minimum absolute atomic E-state index is 0.0876. The molecule has 1 aromatic heterocycles. The number of carbonyl (C=O) groups is 2. The number of Topliss-reactive ketones (excluding diaryl/α,β-unsaturated/α-hetero) is 1. The quantitative estimate of drug-likeness (QED) is 0.369. The van der Waals surface area contributed by atoms with Gasteiger partial charge in [0, 0.05) is 27.9 Å². The van der Waals surface area contributed by atoms with E-state index in [0.717, 1.165) is 59.8 Å². The Kier molecular flexibility index (Phi) is 6.99. The van der Waals surface area contributed by atoms with E-state index in [4.69, 9.17) is 4.74 Å². The summed E-state index contributed by atoms with van der Waals surface area (Å²) in [6.45, 7) is 2.98.